The standard InChI is InChI=1S/C10H12N4OS3/c1-6(17-10-14-13-9(11)18-10)8(15)12-5-7-3-2-4-16-7/h2-4,6H,5H2,1H3,(H2,11,13)(H,12,15). The van der Waals surface area contributed by atoms with E-state index in [1.807, 2.05) is 24.4 Å². The highest BCUT2D eigenvalue weighted by Crippen LogP contribution is 2.27. The Kier molecular flexibility index (Phi) is 4.56. The van der Waals surface area contributed by atoms with Crippen LogP contribution in [0.4, 0.5) is 5.13 Å². The predicted octanol–water partition coefficient (Wildman–Crippen LogP) is 1.98. The molecule has 0 aromatic carbocycles. The average Bonchev–Trinajstić information content (AvgIpc) is 2.97. The molecular formula is C10H12N4OS3. The lowest BCUT2D eigenvalue weighted by Crippen LogP contribution is -2.30. The summed E-state index contributed by atoms with van der Waals surface area (Å²) in [5, 5.41) is 12.7. The van der Waals surface area contributed by atoms with Crippen molar-refractivity contribution in [2.45, 2.75) is 23.1 Å². The molecule has 18 heavy (non-hydrogen) atoms. The number of thioether (sulfide) groups is 1. The number of thiophene rings is 1. The monoisotopic (exact) mass is 300 g/mol. The van der Waals surface area contributed by atoms with E-state index >= 15 is 0 Å². The molecule has 0 saturated carbocycles. The fourth-order valence-electron chi connectivity index (χ4n) is 1.20. The van der Waals surface area contributed by atoms with Crippen molar-refractivity contribution in [2.75, 3.05) is 5.73 Å². The number of aromatic nitrogens is 2. The van der Waals surface area contributed by atoms with Gasteiger partial charge in [0, 0.05) is 4.88 Å². The SMILES string of the molecule is CC(Sc1nnc(N)s1)C(=O)NCc1cccs1. The predicted molar refractivity (Wildman–Crippen MR) is 75.8 cm³/mol. The zero-order chi connectivity index (χ0) is 13.0. The number of anilines is 1. The number of nitrogens with zero attached hydrogens (tertiary/aromatic N) is 2. The molecule has 0 saturated heterocycles. The number of hydrogen-bond donors (Lipinski definition) is 2. The van der Waals surface area contributed by atoms with Gasteiger partial charge in [0.1, 0.15) is 0 Å². The topological polar surface area (TPSA) is 80.9 Å². The molecular weight excluding hydrogens is 288 g/mol. The minimum atomic E-state index is -0.211. The Hall–Kier alpha value is -1.12. The molecule has 0 spiro atoms. The van der Waals surface area contributed by atoms with E-state index < -0.39 is 0 Å². The molecule has 96 valence electrons. The lowest BCUT2D eigenvalue weighted by atomic mass is 10.4. The second-order valence-electron chi connectivity index (χ2n) is 3.46. The van der Waals surface area contributed by atoms with Gasteiger partial charge in [-0.15, -0.1) is 21.5 Å². The number of nitrogens with two attached hydrogens (primary N) is 1. The maximum Gasteiger partial charge on any atom is 0.233 e. The second kappa shape index (κ2) is 6.17. The van der Waals surface area contributed by atoms with Crippen LogP contribution in [-0.4, -0.2) is 21.4 Å². The molecule has 0 bridgehead atoms. The molecule has 8 heteroatoms. The molecule has 1 unspecified atom stereocenters. The Morgan fingerprint density at radius 1 is 1.61 bits per heavy atom. The molecule has 3 N–H and O–H groups in total. The number of nitrogen functional groups attached to an aromatic ring is 1. The zero-order valence-corrected chi connectivity index (χ0v) is 12.1. The summed E-state index contributed by atoms with van der Waals surface area (Å²) in [4.78, 5) is 13.0. The molecule has 5 nitrogen and oxygen atoms in total. The molecule has 0 aliphatic carbocycles. The number of nitrogens with one attached hydrogen (secondary N) is 1. The molecule has 2 aromatic heterocycles. The maximum atomic E-state index is 11.8. The van der Waals surface area contributed by atoms with Crippen LogP contribution in [0.15, 0.2) is 21.9 Å². The summed E-state index contributed by atoms with van der Waals surface area (Å²) in [5.41, 5.74) is 5.49. The van der Waals surface area contributed by atoms with E-state index in [9.17, 15) is 4.79 Å². The van der Waals surface area contributed by atoms with Crippen LogP contribution >= 0.6 is 34.4 Å². The van der Waals surface area contributed by atoms with Gasteiger partial charge in [-0.3, -0.25) is 4.79 Å². The number of carbonyl (C=O) groups is 1. The number of carbonyl (C=O) groups excluding carboxylic acids is 1. The third-order valence-electron chi connectivity index (χ3n) is 2.09. The van der Waals surface area contributed by atoms with Crippen LogP contribution in [0.5, 0.6) is 0 Å². The van der Waals surface area contributed by atoms with E-state index in [0.29, 0.717) is 16.0 Å². The van der Waals surface area contributed by atoms with E-state index in [2.05, 4.69) is 15.5 Å². The highest BCUT2D eigenvalue weighted by Gasteiger charge is 2.16. The molecule has 2 heterocycles. The normalized spacial score (nSPS) is 12.3. The molecule has 0 aliphatic heterocycles. The smallest absolute Gasteiger partial charge is 0.233 e. The first kappa shape index (κ1) is 13.3. The number of rotatable bonds is 5. The Labute approximate surface area is 117 Å². The van der Waals surface area contributed by atoms with Crippen LogP contribution in [0.25, 0.3) is 0 Å². The second-order valence-corrected chi connectivity index (χ2v) is 7.09. The summed E-state index contributed by atoms with van der Waals surface area (Å²) in [6.07, 6.45) is 0. The van der Waals surface area contributed by atoms with E-state index in [4.69, 9.17) is 5.73 Å². The quantitative estimate of drug-likeness (QED) is 0.825. The van der Waals surface area contributed by atoms with Crippen LogP contribution in [0.1, 0.15) is 11.8 Å². The van der Waals surface area contributed by atoms with Gasteiger partial charge in [-0.25, -0.2) is 0 Å². The summed E-state index contributed by atoms with van der Waals surface area (Å²) >= 11 is 4.28. The van der Waals surface area contributed by atoms with Crippen LogP contribution in [0.2, 0.25) is 0 Å². The molecule has 0 aliphatic rings. The third kappa shape index (κ3) is 3.69. The van der Waals surface area contributed by atoms with Crippen LogP contribution in [0.3, 0.4) is 0 Å². The third-order valence-corrected chi connectivity index (χ3v) is 4.90. The Morgan fingerprint density at radius 2 is 2.44 bits per heavy atom. The highest BCUT2D eigenvalue weighted by atomic mass is 32.2. The van der Waals surface area contributed by atoms with Gasteiger partial charge in [0.25, 0.3) is 0 Å². The molecule has 0 fully saturated rings. The molecule has 2 rings (SSSR count). The van der Waals surface area contributed by atoms with Crippen LogP contribution in [0, 0.1) is 0 Å². The van der Waals surface area contributed by atoms with Gasteiger partial charge in [-0.2, -0.15) is 0 Å². The van der Waals surface area contributed by atoms with Gasteiger partial charge in [0.2, 0.25) is 11.0 Å². The van der Waals surface area contributed by atoms with Crippen molar-refractivity contribution in [3.8, 4) is 0 Å². The lowest BCUT2D eigenvalue weighted by Gasteiger charge is -2.09. The van der Waals surface area contributed by atoms with Gasteiger partial charge < -0.3 is 11.1 Å². The van der Waals surface area contributed by atoms with E-state index in [-0.39, 0.29) is 11.2 Å². The first-order valence-corrected chi connectivity index (χ1v) is 7.78. The average molecular weight is 300 g/mol. The molecule has 1 atom stereocenters. The summed E-state index contributed by atoms with van der Waals surface area (Å²) < 4.78 is 0.714. The fraction of sp³-hybridized carbons (Fsp3) is 0.300. The minimum absolute atomic E-state index is 0.0119. The summed E-state index contributed by atoms with van der Waals surface area (Å²) in [6, 6.07) is 3.96. The fourth-order valence-corrected chi connectivity index (χ4v) is 3.65. The van der Waals surface area contributed by atoms with E-state index in [0.717, 1.165) is 4.88 Å². The Morgan fingerprint density at radius 3 is 3.06 bits per heavy atom. The molecule has 1 amide bonds. The summed E-state index contributed by atoms with van der Waals surface area (Å²) in [6.45, 7) is 2.41. The zero-order valence-electron chi connectivity index (χ0n) is 9.62. The van der Waals surface area contributed by atoms with Crippen molar-refractivity contribution in [1.82, 2.24) is 15.5 Å². The molecule has 2 aromatic rings. The van der Waals surface area contributed by atoms with Crippen molar-refractivity contribution < 1.29 is 4.79 Å². The number of hydrogen-bond acceptors (Lipinski definition) is 7. The van der Waals surface area contributed by atoms with Crippen molar-refractivity contribution in [2.24, 2.45) is 0 Å². The van der Waals surface area contributed by atoms with Crippen molar-refractivity contribution in [1.29, 1.82) is 0 Å². The minimum Gasteiger partial charge on any atom is -0.374 e. The summed E-state index contributed by atoms with van der Waals surface area (Å²) in [5.74, 6) is -0.0119. The van der Waals surface area contributed by atoms with Crippen molar-refractivity contribution in [3.05, 3.63) is 22.4 Å². The van der Waals surface area contributed by atoms with E-state index in [1.165, 1.54) is 23.1 Å². The maximum absolute atomic E-state index is 11.8. The van der Waals surface area contributed by atoms with Crippen molar-refractivity contribution >= 4 is 45.5 Å². The van der Waals surface area contributed by atoms with Crippen molar-refractivity contribution in [3.63, 3.8) is 0 Å². The van der Waals surface area contributed by atoms with Gasteiger partial charge in [0.15, 0.2) is 4.34 Å². The van der Waals surface area contributed by atoms with E-state index in [1.54, 1.807) is 11.3 Å². The number of amides is 1. The Balaban J connectivity index is 1.81. The van der Waals surface area contributed by atoms with Gasteiger partial charge in [-0.1, -0.05) is 29.2 Å². The first-order valence-electron chi connectivity index (χ1n) is 5.21. The van der Waals surface area contributed by atoms with Gasteiger partial charge in [0.05, 0.1) is 11.8 Å². The first-order chi connectivity index (χ1) is 8.65. The molecule has 0 radical (unpaired) electrons. The summed E-state index contributed by atoms with van der Waals surface area (Å²) in [7, 11) is 0. The van der Waals surface area contributed by atoms with Gasteiger partial charge in [-0.05, 0) is 18.4 Å². The van der Waals surface area contributed by atoms with Gasteiger partial charge >= 0.3 is 0 Å². The highest BCUT2D eigenvalue weighted by molar-refractivity contribution is 8.02. The van der Waals surface area contributed by atoms with Crippen LogP contribution < -0.4 is 11.1 Å². The van der Waals surface area contributed by atoms with Crippen LogP contribution in [-0.2, 0) is 11.3 Å². The largest absolute Gasteiger partial charge is 0.374 e. The Bertz CT molecular complexity index is 511. The lowest BCUT2D eigenvalue weighted by molar-refractivity contribution is -0.120.